The lowest BCUT2D eigenvalue weighted by Crippen LogP contribution is -2.45. The van der Waals surface area contributed by atoms with Crippen molar-refractivity contribution < 1.29 is 9.53 Å². The Labute approximate surface area is 190 Å². The third-order valence-electron chi connectivity index (χ3n) is 6.25. The smallest absolute Gasteiger partial charge is 0.253 e. The third-order valence-corrected chi connectivity index (χ3v) is 6.25. The van der Waals surface area contributed by atoms with E-state index in [0.717, 1.165) is 61.5 Å². The zero-order valence-electron chi connectivity index (χ0n) is 19.2. The van der Waals surface area contributed by atoms with Crippen LogP contribution in [-0.2, 0) is 13.1 Å². The second-order valence-electron chi connectivity index (χ2n) is 8.39. The van der Waals surface area contributed by atoms with Gasteiger partial charge in [0.15, 0.2) is 0 Å². The Kier molecular flexibility index (Phi) is 7.02. The summed E-state index contributed by atoms with van der Waals surface area (Å²) in [5, 5.41) is 3.96. The van der Waals surface area contributed by atoms with Gasteiger partial charge in [-0.2, -0.15) is 0 Å². The van der Waals surface area contributed by atoms with E-state index in [-0.39, 0.29) is 5.91 Å². The van der Waals surface area contributed by atoms with E-state index < -0.39 is 0 Å². The van der Waals surface area contributed by atoms with Crippen molar-refractivity contribution in [3.8, 4) is 5.75 Å². The zero-order chi connectivity index (χ0) is 22.5. The fourth-order valence-corrected chi connectivity index (χ4v) is 4.16. The molecule has 6 nitrogen and oxygen atoms in total. The van der Waals surface area contributed by atoms with Crippen molar-refractivity contribution >= 4 is 16.8 Å². The van der Waals surface area contributed by atoms with E-state index in [1.165, 1.54) is 5.56 Å². The molecule has 3 aromatic rings. The molecule has 1 aromatic heterocycles. The van der Waals surface area contributed by atoms with Gasteiger partial charge in [-0.15, -0.1) is 0 Å². The van der Waals surface area contributed by atoms with Gasteiger partial charge in [-0.1, -0.05) is 31.2 Å². The molecule has 6 heteroatoms. The average molecular weight is 433 g/mol. The topological polar surface area (TPSA) is 57.7 Å². The van der Waals surface area contributed by atoms with Crippen molar-refractivity contribution in [1.29, 1.82) is 0 Å². The largest absolute Gasteiger partial charge is 0.497 e. The van der Waals surface area contributed by atoms with Crippen LogP contribution in [0, 0.1) is 6.92 Å². The first-order valence-corrected chi connectivity index (χ1v) is 11.3. The lowest BCUT2D eigenvalue weighted by molar-refractivity contribution is 0.0950. The standard InChI is InChI=1S/C26H32N4O2/c1-4-29-11-13-30(14-12-29)18-21-7-5-20(6-8-21)17-27-26(31)24-15-22-9-10-23(32-3)16-25(22)28-19(24)2/h5-10,15-16H,4,11-14,17-18H2,1-3H3,(H,27,31). The van der Waals surface area contributed by atoms with Crippen LogP contribution >= 0.6 is 0 Å². The van der Waals surface area contributed by atoms with Crippen LogP contribution < -0.4 is 10.1 Å². The molecule has 0 bridgehead atoms. The Morgan fingerprint density at radius 1 is 1.00 bits per heavy atom. The van der Waals surface area contributed by atoms with E-state index in [0.29, 0.717) is 17.8 Å². The summed E-state index contributed by atoms with van der Waals surface area (Å²) in [4.78, 5) is 22.4. The highest BCUT2D eigenvalue weighted by molar-refractivity contribution is 5.98. The molecule has 1 saturated heterocycles. The molecule has 0 aliphatic carbocycles. The van der Waals surface area contributed by atoms with Crippen molar-refractivity contribution in [3.05, 3.63) is 70.9 Å². The number of hydrogen-bond acceptors (Lipinski definition) is 5. The Hall–Kier alpha value is -2.96. The van der Waals surface area contributed by atoms with Gasteiger partial charge in [0.2, 0.25) is 0 Å². The van der Waals surface area contributed by atoms with Gasteiger partial charge in [0, 0.05) is 50.7 Å². The Bertz CT molecular complexity index is 1070. The number of carbonyl (C=O) groups is 1. The first kappa shape index (κ1) is 22.2. The van der Waals surface area contributed by atoms with Crippen LogP contribution in [0.5, 0.6) is 5.75 Å². The minimum atomic E-state index is -0.106. The molecule has 4 rings (SSSR count). The number of aryl methyl sites for hydroxylation is 1. The molecule has 2 heterocycles. The van der Waals surface area contributed by atoms with Crippen molar-refractivity contribution in [2.75, 3.05) is 39.8 Å². The normalized spacial score (nSPS) is 15.1. The quantitative estimate of drug-likeness (QED) is 0.618. The van der Waals surface area contributed by atoms with E-state index >= 15 is 0 Å². The fourth-order valence-electron chi connectivity index (χ4n) is 4.16. The SMILES string of the molecule is CCN1CCN(Cc2ccc(CNC(=O)c3cc4ccc(OC)cc4nc3C)cc2)CC1. The number of aromatic nitrogens is 1. The molecular formula is C26H32N4O2. The molecule has 0 unspecified atom stereocenters. The van der Waals surface area contributed by atoms with Crippen LogP contribution in [-0.4, -0.2) is 60.5 Å². The van der Waals surface area contributed by atoms with Crippen molar-refractivity contribution in [2.24, 2.45) is 0 Å². The molecule has 1 fully saturated rings. The Morgan fingerprint density at radius 2 is 1.69 bits per heavy atom. The maximum atomic E-state index is 12.8. The van der Waals surface area contributed by atoms with E-state index in [9.17, 15) is 4.79 Å². The summed E-state index contributed by atoms with van der Waals surface area (Å²) in [6.45, 7) is 11.2. The highest BCUT2D eigenvalue weighted by Crippen LogP contribution is 2.22. The van der Waals surface area contributed by atoms with Gasteiger partial charge >= 0.3 is 0 Å². The predicted molar refractivity (Wildman–Crippen MR) is 128 cm³/mol. The molecule has 0 radical (unpaired) electrons. The molecule has 1 aliphatic heterocycles. The number of hydrogen-bond donors (Lipinski definition) is 1. The summed E-state index contributed by atoms with van der Waals surface area (Å²) in [6, 6.07) is 16.1. The number of likely N-dealkylation sites (N-methyl/N-ethyl adjacent to an activating group) is 1. The number of carbonyl (C=O) groups excluding carboxylic acids is 1. The highest BCUT2D eigenvalue weighted by Gasteiger charge is 2.16. The summed E-state index contributed by atoms with van der Waals surface area (Å²) >= 11 is 0. The minimum Gasteiger partial charge on any atom is -0.497 e. The number of rotatable bonds is 7. The van der Waals surface area contributed by atoms with E-state index in [1.54, 1.807) is 7.11 Å². The molecule has 0 saturated carbocycles. The van der Waals surface area contributed by atoms with Gasteiger partial charge in [-0.05, 0) is 42.8 Å². The molecule has 1 amide bonds. The number of fused-ring (bicyclic) bond motifs is 1. The summed E-state index contributed by atoms with van der Waals surface area (Å²) < 4.78 is 5.26. The van der Waals surface area contributed by atoms with E-state index in [4.69, 9.17) is 4.74 Å². The van der Waals surface area contributed by atoms with Gasteiger partial charge in [-0.3, -0.25) is 14.7 Å². The van der Waals surface area contributed by atoms with Crippen molar-refractivity contribution in [3.63, 3.8) is 0 Å². The lowest BCUT2D eigenvalue weighted by atomic mass is 10.1. The van der Waals surface area contributed by atoms with Crippen LogP contribution in [0.15, 0.2) is 48.5 Å². The predicted octanol–water partition coefficient (Wildman–Crippen LogP) is 3.62. The minimum absolute atomic E-state index is 0.106. The molecule has 1 aliphatic rings. The maximum Gasteiger partial charge on any atom is 0.253 e. The van der Waals surface area contributed by atoms with Crippen LogP contribution in [0.1, 0.15) is 34.1 Å². The number of ether oxygens (including phenoxy) is 1. The number of methoxy groups -OCH3 is 1. The zero-order valence-corrected chi connectivity index (χ0v) is 19.2. The monoisotopic (exact) mass is 432 g/mol. The van der Waals surface area contributed by atoms with Crippen molar-refractivity contribution in [1.82, 2.24) is 20.1 Å². The highest BCUT2D eigenvalue weighted by atomic mass is 16.5. The van der Waals surface area contributed by atoms with Gasteiger partial charge in [0.1, 0.15) is 5.75 Å². The summed E-state index contributed by atoms with van der Waals surface area (Å²) in [6.07, 6.45) is 0. The van der Waals surface area contributed by atoms with Crippen molar-refractivity contribution in [2.45, 2.75) is 26.9 Å². The number of benzene rings is 2. The second kappa shape index (κ2) is 10.1. The molecular weight excluding hydrogens is 400 g/mol. The fraction of sp³-hybridized carbons (Fsp3) is 0.385. The average Bonchev–Trinajstić information content (AvgIpc) is 2.83. The molecule has 32 heavy (non-hydrogen) atoms. The summed E-state index contributed by atoms with van der Waals surface area (Å²) in [7, 11) is 1.63. The van der Waals surface area contributed by atoms with Gasteiger partial charge in [-0.25, -0.2) is 0 Å². The second-order valence-corrected chi connectivity index (χ2v) is 8.39. The molecule has 2 aromatic carbocycles. The Balaban J connectivity index is 1.34. The van der Waals surface area contributed by atoms with Crippen LogP contribution in [0.25, 0.3) is 10.9 Å². The molecule has 1 N–H and O–H groups in total. The summed E-state index contributed by atoms with van der Waals surface area (Å²) in [5.74, 6) is 0.652. The number of amides is 1. The van der Waals surface area contributed by atoms with Crippen LogP contribution in [0.4, 0.5) is 0 Å². The van der Waals surface area contributed by atoms with E-state index in [2.05, 4.69) is 51.3 Å². The first-order valence-electron chi connectivity index (χ1n) is 11.3. The maximum absolute atomic E-state index is 12.8. The number of nitrogens with zero attached hydrogens (tertiary/aromatic N) is 3. The van der Waals surface area contributed by atoms with E-state index in [1.807, 2.05) is 31.2 Å². The van der Waals surface area contributed by atoms with Gasteiger partial charge in [0.05, 0.1) is 23.9 Å². The number of pyridine rings is 1. The Morgan fingerprint density at radius 3 is 2.38 bits per heavy atom. The van der Waals surface area contributed by atoms with Crippen LogP contribution in [0.2, 0.25) is 0 Å². The molecule has 0 atom stereocenters. The van der Waals surface area contributed by atoms with Gasteiger partial charge < -0.3 is 15.0 Å². The molecule has 168 valence electrons. The lowest BCUT2D eigenvalue weighted by Gasteiger charge is -2.34. The van der Waals surface area contributed by atoms with Crippen LogP contribution in [0.3, 0.4) is 0 Å². The first-order chi connectivity index (χ1) is 15.6. The third kappa shape index (κ3) is 5.26. The van der Waals surface area contributed by atoms with Gasteiger partial charge in [0.25, 0.3) is 5.91 Å². The number of nitrogens with one attached hydrogen (secondary N) is 1. The molecule has 0 spiro atoms. The summed E-state index contributed by atoms with van der Waals surface area (Å²) in [5.41, 5.74) is 4.54. The number of piperazine rings is 1.